The minimum Gasteiger partial charge on any atom is -0.497 e. The molecule has 33 heavy (non-hydrogen) atoms. The molecule has 0 aliphatic carbocycles. The highest BCUT2D eigenvalue weighted by molar-refractivity contribution is 9.10. The Morgan fingerprint density at radius 3 is 2.82 bits per heavy atom. The van der Waals surface area contributed by atoms with Crippen molar-refractivity contribution in [2.75, 3.05) is 25.9 Å². The maximum atomic E-state index is 12.0. The predicted octanol–water partition coefficient (Wildman–Crippen LogP) is 3.95. The number of aryl methyl sites for hydroxylation is 1. The van der Waals surface area contributed by atoms with E-state index < -0.39 is 6.10 Å². The first-order chi connectivity index (χ1) is 15.9. The number of likely N-dealkylation sites (tertiary alicyclic amines) is 1. The van der Waals surface area contributed by atoms with Crippen LogP contribution in [0.5, 0.6) is 5.75 Å². The smallest absolute Gasteiger partial charge is 0.251 e. The minimum absolute atomic E-state index is 0.181. The Balaban J connectivity index is 1.54. The molecule has 3 heterocycles. The van der Waals surface area contributed by atoms with E-state index in [0.717, 1.165) is 51.6 Å². The molecule has 0 bridgehead atoms. The second kappa shape index (κ2) is 10.3. The van der Waals surface area contributed by atoms with Gasteiger partial charge in [0.15, 0.2) is 11.0 Å². The number of nitrogens with zero attached hydrogens (tertiary/aromatic N) is 4. The Labute approximate surface area is 205 Å². The van der Waals surface area contributed by atoms with Crippen LogP contribution in [0.1, 0.15) is 26.2 Å². The number of nitrogens with two attached hydrogens (primary N) is 1. The molecule has 1 amide bonds. The van der Waals surface area contributed by atoms with Crippen LogP contribution < -0.4 is 10.5 Å². The molecule has 1 fully saturated rings. The lowest BCUT2D eigenvalue weighted by molar-refractivity contribution is -0.140. The number of hydrogen-bond donors (Lipinski definition) is 2. The van der Waals surface area contributed by atoms with Gasteiger partial charge in [0.25, 0.3) is 5.91 Å². The topological polar surface area (TPSA) is 107 Å². The van der Waals surface area contributed by atoms with Gasteiger partial charge in [0.2, 0.25) is 0 Å². The largest absolute Gasteiger partial charge is 0.497 e. The van der Waals surface area contributed by atoms with Gasteiger partial charge in [-0.25, -0.2) is 9.97 Å². The van der Waals surface area contributed by atoms with Crippen LogP contribution in [0, 0.1) is 5.92 Å². The molecule has 4 rings (SSSR count). The van der Waals surface area contributed by atoms with Crippen molar-refractivity contribution in [3.05, 3.63) is 34.9 Å². The SMILES string of the molecule is COc1ccc(Br)c(Sc2nc3c(N)nccc3n2CCC2CCN(C(=O)[C@@H](C)O)CC2)c1. The first-order valence-electron chi connectivity index (χ1n) is 11.0. The van der Waals surface area contributed by atoms with E-state index >= 15 is 0 Å². The first-order valence-corrected chi connectivity index (χ1v) is 12.6. The lowest BCUT2D eigenvalue weighted by Crippen LogP contribution is -2.43. The zero-order valence-electron chi connectivity index (χ0n) is 18.7. The molecule has 0 unspecified atom stereocenters. The maximum absolute atomic E-state index is 12.0. The fraction of sp³-hybridized carbons (Fsp3) is 0.435. The molecular formula is C23H28BrN5O3S. The lowest BCUT2D eigenvalue weighted by Gasteiger charge is -2.32. The number of ether oxygens (including phenoxy) is 1. The van der Waals surface area contributed by atoms with Gasteiger partial charge in [-0.05, 0) is 72.3 Å². The molecule has 0 saturated carbocycles. The number of piperidine rings is 1. The number of aliphatic hydroxyl groups excluding tert-OH is 1. The van der Waals surface area contributed by atoms with Crippen LogP contribution in [0.15, 0.2) is 45.0 Å². The van der Waals surface area contributed by atoms with Crippen molar-refractivity contribution in [3.8, 4) is 5.75 Å². The molecule has 1 aliphatic heterocycles. The van der Waals surface area contributed by atoms with Gasteiger partial charge in [0.05, 0.1) is 12.6 Å². The third-order valence-corrected chi connectivity index (χ3v) is 8.05. The number of imidazole rings is 1. The van der Waals surface area contributed by atoms with Crippen molar-refractivity contribution in [2.24, 2.45) is 5.92 Å². The number of methoxy groups -OCH3 is 1. The summed E-state index contributed by atoms with van der Waals surface area (Å²) in [6.07, 6.45) is 3.61. The summed E-state index contributed by atoms with van der Waals surface area (Å²) in [4.78, 5) is 23.8. The van der Waals surface area contributed by atoms with Crippen LogP contribution in [0.4, 0.5) is 5.82 Å². The van der Waals surface area contributed by atoms with Gasteiger partial charge >= 0.3 is 0 Å². The van der Waals surface area contributed by atoms with Gasteiger partial charge < -0.3 is 25.0 Å². The Morgan fingerprint density at radius 2 is 2.12 bits per heavy atom. The van der Waals surface area contributed by atoms with Crippen molar-refractivity contribution < 1.29 is 14.6 Å². The van der Waals surface area contributed by atoms with Crippen LogP contribution >= 0.6 is 27.7 Å². The maximum Gasteiger partial charge on any atom is 0.251 e. The summed E-state index contributed by atoms with van der Waals surface area (Å²) in [6, 6.07) is 7.81. The van der Waals surface area contributed by atoms with Crippen molar-refractivity contribution in [1.82, 2.24) is 19.4 Å². The molecule has 8 nitrogen and oxygen atoms in total. The van der Waals surface area contributed by atoms with E-state index in [1.807, 2.05) is 24.3 Å². The van der Waals surface area contributed by atoms with E-state index in [0.29, 0.717) is 30.3 Å². The molecule has 3 N–H and O–H groups in total. The van der Waals surface area contributed by atoms with Crippen molar-refractivity contribution in [2.45, 2.75) is 48.9 Å². The van der Waals surface area contributed by atoms with E-state index in [9.17, 15) is 9.90 Å². The van der Waals surface area contributed by atoms with Crippen LogP contribution in [0.2, 0.25) is 0 Å². The van der Waals surface area contributed by atoms with E-state index in [1.165, 1.54) is 6.92 Å². The number of fused-ring (bicyclic) bond motifs is 1. The number of amides is 1. The highest BCUT2D eigenvalue weighted by atomic mass is 79.9. The summed E-state index contributed by atoms with van der Waals surface area (Å²) < 4.78 is 8.56. The number of carbonyl (C=O) groups excluding carboxylic acids is 1. The van der Waals surface area contributed by atoms with Crippen molar-refractivity contribution >= 4 is 50.5 Å². The van der Waals surface area contributed by atoms with E-state index in [1.54, 1.807) is 30.0 Å². The summed E-state index contributed by atoms with van der Waals surface area (Å²) in [5, 5.41) is 10.4. The van der Waals surface area contributed by atoms with Crippen molar-refractivity contribution in [3.63, 3.8) is 0 Å². The number of aliphatic hydroxyl groups is 1. The van der Waals surface area contributed by atoms with Crippen LogP contribution in [-0.4, -0.2) is 56.8 Å². The molecule has 10 heteroatoms. The number of anilines is 1. The number of halogens is 1. The Bertz CT molecular complexity index is 1140. The minimum atomic E-state index is -0.937. The Kier molecular flexibility index (Phi) is 7.45. The van der Waals surface area contributed by atoms with Gasteiger partial charge in [-0.3, -0.25) is 4.79 Å². The predicted molar refractivity (Wildman–Crippen MR) is 132 cm³/mol. The Hall–Kier alpha value is -2.30. The number of nitrogen functional groups attached to an aromatic ring is 1. The molecule has 1 aliphatic rings. The van der Waals surface area contributed by atoms with Gasteiger partial charge in [0.1, 0.15) is 17.4 Å². The van der Waals surface area contributed by atoms with Gasteiger partial charge in [-0.15, -0.1) is 0 Å². The molecule has 2 aromatic heterocycles. The second-order valence-corrected chi connectivity index (χ2v) is 10.1. The number of benzene rings is 1. The third-order valence-electron chi connectivity index (χ3n) is 6.04. The van der Waals surface area contributed by atoms with E-state index in [4.69, 9.17) is 15.5 Å². The normalized spacial score (nSPS) is 15.7. The second-order valence-electron chi connectivity index (χ2n) is 8.24. The molecule has 0 spiro atoms. The zero-order chi connectivity index (χ0) is 23.5. The van der Waals surface area contributed by atoms with E-state index in [2.05, 4.69) is 25.5 Å². The third kappa shape index (κ3) is 5.28. The quantitative estimate of drug-likeness (QED) is 0.473. The molecule has 176 valence electrons. The monoisotopic (exact) mass is 533 g/mol. The fourth-order valence-corrected chi connectivity index (χ4v) is 5.61. The molecule has 3 aromatic rings. The molecular weight excluding hydrogens is 506 g/mol. The summed E-state index contributed by atoms with van der Waals surface area (Å²) in [5.74, 6) is 1.52. The van der Waals surface area contributed by atoms with Gasteiger partial charge in [-0.2, -0.15) is 0 Å². The molecule has 1 saturated heterocycles. The summed E-state index contributed by atoms with van der Waals surface area (Å²) >= 11 is 5.19. The number of aromatic nitrogens is 3. The fourth-order valence-electron chi connectivity index (χ4n) is 4.15. The van der Waals surface area contributed by atoms with Gasteiger partial charge in [-0.1, -0.05) is 11.8 Å². The summed E-state index contributed by atoms with van der Waals surface area (Å²) in [6.45, 7) is 3.69. The van der Waals surface area contributed by atoms with E-state index in [-0.39, 0.29) is 5.91 Å². The summed E-state index contributed by atoms with van der Waals surface area (Å²) in [7, 11) is 1.65. The van der Waals surface area contributed by atoms with Crippen LogP contribution in [0.3, 0.4) is 0 Å². The molecule has 1 aromatic carbocycles. The lowest BCUT2D eigenvalue weighted by atomic mass is 9.93. The Morgan fingerprint density at radius 1 is 1.36 bits per heavy atom. The van der Waals surface area contributed by atoms with Crippen LogP contribution in [0.25, 0.3) is 11.0 Å². The molecule has 0 radical (unpaired) electrons. The first kappa shape index (κ1) is 23.8. The molecule has 1 atom stereocenters. The number of carbonyl (C=O) groups is 1. The average Bonchev–Trinajstić information content (AvgIpc) is 3.17. The zero-order valence-corrected chi connectivity index (χ0v) is 21.1. The van der Waals surface area contributed by atoms with Crippen molar-refractivity contribution in [1.29, 1.82) is 0 Å². The standard InChI is InChI=1S/C23H28BrN5O3S/c1-14(30)22(31)28-10-6-15(7-11-28)8-12-29-18-5-9-26-21(25)20(18)27-23(29)33-19-13-16(32-2)3-4-17(19)24/h3-5,9,13-15,30H,6-8,10-12H2,1-2H3,(H2,25,26)/t14-/m1/s1. The number of hydrogen-bond acceptors (Lipinski definition) is 7. The average molecular weight is 534 g/mol. The van der Waals surface area contributed by atoms with Gasteiger partial charge in [0, 0.05) is 35.2 Å². The number of rotatable bonds is 7. The van der Waals surface area contributed by atoms with Crippen LogP contribution in [-0.2, 0) is 11.3 Å². The number of pyridine rings is 1. The highest BCUT2D eigenvalue weighted by Crippen LogP contribution is 2.38. The summed E-state index contributed by atoms with van der Waals surface area (Å²) in [5.41, 5.74) is 7.80. The highest BCUT2D eigenvalue weighted by Gasteiger charge is 2.25.